The van der Waals surface area contributed by atoms with Gasteiger partial charge in [0.15, 0.2) is 0 Å². The number of aromatic nitrogens is 3. The molecule has 0 spiro atoms. The molecular formula is C11H18N4. The molecule has 1 aromatic rings. The molecule has 0 unspecified atom stereocenters. The monoisotopic (exact) mass is 206 g/mol. The SMILES string of the molecule is c1c(C2CCNCC2)nnn1CC1CC1. The number of hydrogen-bond acceptors (Lipinski definition) is 3. The van der Waals surface area contributed by atoms with E-state index in [1.165, 1.54) is 31.4 Å². The molecule has 4 heteroatoms. The van der Waals surface area contributed by atoms with Crippen molar-refractivity contribution < 1.29 is 0 Å². The number of nitrogens with zero attached hydrogens (tertiary/aromatic N) is 3. The van der Waals surface area contributed by atoms with Gasteiger partial charge in [-0.15, -0.1) is 5.10 Å². The van der Waals surface area contributed by atoms with Gasteiger partial charge >= 0.3 is 0 Å². The molecule has 1 saturated carbocycles. The molecule has 2 heterocycles. The first-order valence-corrected chi connectivity index (χ1v) is 6.02. The lowest BCUT2D eigenvalue weighted by Gasteiger charge is -2.19. The van der Waals surface area contributed by atoms with Crippen molar-refractivity contribution in [2.45, 2.75) is 38.1 Å². The molecule has 2 fully saturated rings. The molecule has 3 rings (SSSR count). The van der Waals surface area contributed by atoms with Gasteiger partial charge in [-0.3, -0.25) is 4.68 Å². The van der Waals surface area contributed by atoms with E-state index in [0.717, 1.165) is 25.6 Å². The van der Waals surface area contributed by atoms with Gasteiger partial charge in [-0.25, -0.2) is 0 Å². The van der Waals surface area contributed by atoms with Crippen LogP contribution in [0.25, 0.3) is 0 Å². The maximum absolute atomic E-state index is 4.31. The van der Waals surface area contributed by atoms with E-state index >= 15 is 0 Å². The van der Waals surface area contributed by atoms with Crippen molar-refractivity contribution in [3.05, 3.63) is 11.9 Å². The average molecular weight is 206 g/mol. The number of rotatable bonds is 3. The van der Waals surface area contributed by atoms with Crippen LogP contribution in [0.3, 0.4) is 0 Å². The van der Waals surface area contributed by atoms with Crippen molar-refractivity contribution in [3.8, 4) is 0 Å². The van der Waals surface area contributed by atoms with Crippen LogP contribution in [-0.2, 0) is 6.54 Å². The highest BCUT2D eigenvalue weighted by Gasteiger charge is 2.23. The lowest BCUT2D eigenvalue weighted by Crippen LogP contribution is -2.26. The quantitative estimate of drug-likeness (QED) is 0.807. The Bertz CT molecular complexity index is 323. The van der Waals surface area contributed by atoms with Crippen molar-refractivity contribution >= 4 is 0 Å². The summed E-state index contributed by atoms with van der Waals surface area (Å²) in [5.74, 6) is 1.52. The Morgan fingerprint density at radius 1 is 1.27 bits per heavy atom. The molecule has 4 nitrogen and oxygen atoms in total. The minimum absolute atomic E-state index is 0.638. The Labute approximate surface area is 90.0 Å². The summed E-state index contributed by atoms with van der Waals surface area (Å²) in [5, 5.41) is 11.9. The van der Waals surface area contributed by atoms with E-state index < -0.39 is 0 Å². The lowest BCUT2D eigenvalue weighted by atomic mass is 9.95. The second-order valence-electron chi connectivity index (χ2n) is 4.83. The van der Waals surface area contributed by atoms with E-state index in [1.54, 1.807) is 0 Å². The zero-order chi connectivity index (χ0) is 10.1. The van der Waals surface area contributed by atoms with Gasteiger partial charge in [0.1, 0.15) is 0 Å². The van der Waals surface area contributed by atoms with Crippen LogP contribution in [-0.4, -0.2) is 28.1 Å². The first-order chi connectivity index (χ1) is 7.42. The molecule has 0 amide bonds. The predicted molar refractivity (Wildman–Crippen MR) is 57.6 cm³/mol. The van der Waals surface area contributed by atoms with Gasteiger partial charge in [-0.1, -0.05) is 5.21 Å². The highest BCUT2D eigenvalue weighted by atomic mass is 15.4. The first-order valence-electron chi connectivity index (χ1n) is 6.02. The van der Waals surface area contributed by atoms with Gasteiger partial charge in [0.25, 0.3) is 0 Å². The summed E-state index contributed by atoms with van der Waals surface area (Å²) in [6, 6.07) is 0. The summed E-state index contributed by atoms with van der Waals surface area (Å²) in [7, 11) is 0. The van der Waals surface area contributed by atoms with E-state index in [4.69, 9.17) is 0 Å². The highest BCUT2D eigenvalue weighted by Crippen LogP contribution is 2.30. The lowest BCUT2D eigenvalue weighted by molar-refractivity contribution is 0.453. The second-order valence-corrected chi connectivity index (χ2v) is 4.83. The van der Waals surface area contributed by atoms with Crippen LogP contribution < -0.4 is 5.32 Å². The van der Waals surface area contributed by atoms with Gasteiger partial charge < -0.3 is 5.32 Å². The van der Waals surface area contributed by atoms with Crippen LogP contribution in [0.15, 0.2) is 6.20 Å². The van der Waals surface area contributed by atoms with E-state index in [9.17, 15) is 0 Å². The topological polar surface area (TPSA) is 42.7 Å². The minimum atomic E-state index is 0.638. The van der Waals surface area contributed by atoms with Gasteiger partial charge in [0, 0.05) is 18.7 Å². The second kappa shape index (κ2) is 3.93. The van der Waals surface area contributed by atoms with Crippen molar-refractivity contribution in [3.63, 3.8) is 0 Å². The molecule has 2 aliphatic rings. The molecule has 15 heavy (non-hydrogen) atoms. The van der Waals surface area contributed by atoms with Crippen molar-refractivity contribution in [1.82, 2.24) is 20.3 Å². The van der Waals surface area contributed by atoms with Gasteiger partial charge in [-0.2, -0.15) is 0 Å². The number of piperidine rings is 1. The van der Waals surface area contributed by atoms with Crippen LogP contribution in [0, 0.1) is 5.92 Å². The highest BCUT2D eigenvalue weighted by molar-refractivity contribution is 5.03. The summed E-state index contributed by atoms with van der Waals surface area (Å²) < 4.78 is 2.04. The Kier molecular flexibility index (Phi) is 2.44. The molecule has 1 saturated heterocycles. The van der Waals surface area contributed by atoms with E-state index in [0.29, 0.717) is 5.92 Å². The maximum Gasteiger partial charge on any atom is 0.0858 e. The molecule has 0 radical (unpaired) electrons. The Morgan fingerprint density at radius 3 is 2.80 bits per heavy atom. The number of hydrogen-bond donors (Lipinski definition) is 1. The van der Waals surface area contributed by atoms with Crippen LogP contribution >= 0.6 is 0 Å². The summed E-state index contributed by atoms with van der Waals surface area (Å²) in [4.78, 5) is 0. The largest absolute Gasteiger partial charge is 0.317 e. The first kappa shape index (κ1) is 9.33. The smallest absolute Gasteiger partial charge is 0.0858 e. The fourth-order valence-corrected chi connectivity index (χ4v) is 2.27. The molecule has 1 aliphatic carbocycles. The third-order valence-corrected chi connectivity index (χ3v) is 3.46. The Balaban J connectivity index is 1.65. The van der Waals surface area contributed by atoms with Gasteiger partial charge in [0.05, 0.1) is 5.69 Å². The fraction of sp³-hybridized carbons (Fsp3) is 0.818. The maximum atomic E-state index is 4.31. The Hall–Kier alpha value is -0.900. The molecule has 0 aromatic carbocycles. The van der Waals surface area contributed by atoms with Crippen molar-refractivity contribution in [2.24, 2.45) is 5.92 Å². The molecule has 1 N–H and O–H groups in total. The van der Waals surface area contributed by atoms with E-state index in [1.807, 2.05) is 4.68 Å². The molecule has 0 atom stereocenters. The zero-order valence-corrected chi connectivity index (χ0v) is 9.02. The molecule has 1 aromatic heterocycles. The van der Waals surface area contributed by atoms with Crippen LogP contribution in [0.2, 0.25) is 0 Å². The van der Waals surface area contributed by atoms with Crippen molar-refractivity contribution in [2.75, 3.05) is 13.1 Å². The average Bonchev–Trinajstić information content (AvgIpc) is 2.96. The zero-order valence-electron chi connectivity index (χ0n) is 9.02. The van der Waals surface area contributed by atoms with E-state index in [-0.39, 0.29) is 0 Å². The summed E-state index contributed by atoms with van der Waals surface area (Å²) in [6.07, 6.45) is 7.34. The van der Waals surface area contributed by atoms with Crippen molar-refractivity contribution in [1.29, 1.82) is 0 Å². The predicted octanol–water partition coefficient (Wildman–Crippen LogP) is 1.16. The third-order valence-electron chi connectivity index (χ3n) is 3.46. The van der Waals surface area contributed by atoms with Crippen LogP contribution in [0.1, 0.15) is 37.3 Å². The van der Waals surface area contributed by atoms with Crippen LogP contribution in [0.4, 0.5) is 0 Å². The number of nitrogens with one attached hydrogen (secondary N) is 1. The minimum Gasteiger partial charge on any atom is -0.317 e. The fourth-order valence-electron chi connectivity index (χ4n) is 2.27. The molecule has 82 valence electrons. The molecule has 0 bridgehead atoms. The molecule has 1 aliphatic heterocycles. The summed E-state index contributed by atoms with van der Waals surface area (Å²) >= 11 is 0. The molecular weight excluding hydrogens is 188 g/mol. The normalized spacial score (nSPS) is 23.2. The van der Waals surface area contributed by atoms with E-state index in [2.05, 4.69) is 21.8 Å². The third kappa shape index (κ3) is 2.20. The van der Waals surface area contributed by atoms with Gasteiger partial charge in [-0.05, 0) is 44.7 Å². The summed E-state index contributed by atoms with van der Waals surface area (Å²) in [6.45, 7) is 3.33. The Morgan fingerprint density at radius 2 is 2.07 bits per heavy atom. The van der Waals surface area contributed by atoms with Crippen LogP contribution in [0.5, 0.6) is 0 Å². The summed E-state index contributed by atoms with van der Waals surface area (Å²) in [5.41, 5.74) is 1.21. The van der Waals surface area contributed by atoms with Gasteiger partial charge in [0.2, 0.25) is 0 Å². The standard InChI is InChI=1S/C11H18N4/c1-2-9(1)7-15-8-11(13-14-15)10-3-5-12-6-4-10/h8-10,12H,1-7H2.